The molecule has 1 N–H and O–H groups in total. The van der Waals surface area contributed by atoms with E-state index in [1.807, 2.05) is 30.3 Å². The first kappa shape index (κ1) is 13.6. The van der Waals surface area contributed by atoms with E-state index in [2.05, 4.69) is 0 Å². The van der Waals surface area contributed by atoms with Gasteiger partial charge in [0.25, 0.3) is 0 Å². The van der Waals surface area contributed by atoms with Crippen molar-refractivity contribution in [3.05, 3.63) is 71.0 Å². The van der Waals surface area contributed by atoms with Crippen molar-refractivity contribution in [3.63, 3.8) is 0 Å². The maximum atomic E-state index is 13.2. The Morgan fingerprint density at radius 2 is 1.74 bits per heavy atom. The third kappa shape index (κ3) is 3.83. The minimum absolute atomic E-state index is 0.266. The maximum Gasteiger partial charge on any atom is 0.338 e. The number of aromatic carboxylic acids is 1. The first-order valence-electron chi connectivity index (χ1n) is 5.80. The molecule has 0 aliphatic rings. The van der Waals surface area contributed by atoms with Gasteiger partial charge in [0.05, 0.1) is 5.56 Å². The summed E-state index contributed by atoms with van der Waals surface area (Å²) in [5.74, 6) is -0.410. The number of carboxylic acids is 1. The van der Waals surface area contributed by atoms with E-state index in [1.54, 1.807) is 17.8 Å². The Labute approximate surface area is 115 Å². The van der Waals surface area contributed by atoms with Gasteiger partial charge >= 0.3 is 5.97 Å². The van der Waals surface area contributed by atoms with Gasteiger partial charge in [0.15, 0.2) is 0 Å². The Bertz CT molecular complexity index is 570. The average molecular weight is 276 g/mol. The van der Waals surface area contributed by atoms with Gasteiger partial charge in [-0.15, -0.1) is 0 Å². The van der Waals surface area contributed by atoms with Gasteiger partial charge in [-0.3, -0.25) is 0 Å². The molecular formula is C15H13FO2S. The second-order valence-corrected chi connectivity index (χ2v) is 5.08. The zero-order chi connectivity index (χ0) is 13.7. The van der Waals surface area contributed by atoms with Gasteiger partial charge in [-0.2, -0.15) is 11.8 Å². The van der Waals surface area contributed by atoms with E-state index in [0.29, 0.717) is 5.75 Å². The molecule has 19 heavy (non-hydrogen) atoms. The Balaban J connectivity index is 1.97. The van der Waals surface area contributed by atoms with Gasteiger partial charge in [-0.1, -0.05) is 36.4 Å². The second kappa shape index (κ2) is 6.38. The molecule has 2 nitrogen and oxygen atoms in total. The highest BCUT2D eigenvalue weighted by Crippen LogP contribution is 2.19. The van der Waals surface area contributed by atoms with Crippen LogP contribution in [0.25, 0.3) is 0 Å². The summed E-state index contributed by atoms with van der Waals surface area (Å²) >= 11 is 1.67. The topological polar surface area (TPSA) is 37.3 Å². The Morgan fingerprint density at radius 3 is 2.42 bits per heavy atom. The van der Waals surface area contributed by atoms with Crippen LogP contribution < -0.4 is 0 Å². The summed E-state index contributed by atoms with van der Waals surface area (Å²) in [7, 11) is 0. The number of halogens is 1. The molecule has 0 bridgehead atoms. The molecule has 0 aromatic heterocycles. The van der Waals surface area contributed by atoms with E-state index < -0.39 is 11.8 Å². The highest BCUT2D eigenvalue weighted by atomic mass is 32.2. The van der Waals surface area contributed by atoms with E-state index in [0.717, 1.165) is 11.3 Å². The fourth-order valence-corrected chi connectivity index (χ4v) is 2.63. The molecule has 0 saturated heterocycles. The van der Waals surface area contributed by atoms with Gasteiger partial charge in [0.2, 0.25) is 0 Å². The normalized spacial score (nSPS) is 10.4. The van der Waals surface area contributed by atoms with Crippen molar-refractivity contribution in [2.75, 3.05) is 0 Å². The Kier molecular flexibility index (Phi) is 4.58. The monoisotopic (exact) mass is 276 g/mol. The molecule has 0 radical (unpaired) electrons. The van der Waals surface area contributed by atoms with Gasteiger partial charge in [0.1, 0.15) is 5.82 Å². The summed E-state index contributed by atoms with van der Waals surface area (Å²) in [5.41, 5.74) is 1.77. The molecule has 2 aromatic carbocycles. The zero-order valence-corrected chi connectivity index (χ0v) is 11.0. The molecule has 0 spiro atoms. The number of carbonyl (C=O) groups is 1. The number of thioether (sulfide) groups is 1. The summed E-state index contributed by atoms with van der Waals surface area (Å²) < 4.78 is 13.2. The minimum atomic E-state index is -1.23. The Hall–Kier alpha value is -1.81. The van der Waals surface area contributed by atoms with E-state index in [1.165, 1.54) is 17.7 Å². The van der Waals surface area contributed by atoms with Crippen LogP contribution in [0, 0.1) is 5.82 Å². The molecule has 98 valence electrons. The molecule has 2 aromatic rings. The van der Waals surface area contributed by atoms with Crippen molar-refractivity contribution in [3.8, 4) is 0 Å². The second-order valence-electron chi connectivity index (χ2n) is 4.10. The minimum Gasteiger partial charge on any atom is -0.478 e. The fraction of sp³-hybridized carbons (Fsp3) is 0.133. The van der Waals surface area contributed by atoms with Crippen LogP contribution in [0.4, 0.5) is 4.39 Å². The molecule has 0 atom stereocenters. The molecular weight excluding hydrogens is 263 g/mol. The summed E-state index contributed by atoms with van der Waals surface area (Å²) in [6.07, 6.45) is 0. The van der Waals surface area contributed by atoms with Crippen LogP contribution in [0.5, 0.6) is 0 Å². The van der Waals surface area contributed by atoms with Crippen molar-refractivity contribution in [1.29, 1.82) is 0 Å². The highest BCUT2D eigenvalue weighted by molar-refractivity contribution is 7.97. The molecule has 0 aliphatic heterocycles. The molecule has 0 fully saturated rings. The quantitative estimate of drug-likeness (QED) is 0.898. The van der Waals surface area contributed by atoms with Crippen LogP contribution in [0.1, 0.15) is 21.5 Å². The van der Waals surface area contributed by atoms with Crippen molar-refractivity contribution in [1.82, 2.24) is 0 Å². The van der Waals surface area contributed by atoms with Crippen LogP contribution in [-0.2, 0) is 11.5 Å². The van der Waals surface area contributed by atoms with Crippen LogP contribution in [0.3, 0.4) is 0 Å². The van der Waals surface area contributed by atoms with Gasteiger partial charge in [-0.25, -0.2) is 9.18 Å². The smallest absolute Gasteiger partial charge is 0.338 e. The molecule has 0 amide bonds. The van der Waals surface area contributed by atoms with Crippen molar-refractivity contribution < 1.29 is 14.3 Å². The van der Waals surface area contributed by atoms with Crippen molar-refractivity contribution in [2.24, 2.45) is 0 Å². The number of hydrogen-bond acceptors (Lipinski definition) is 2. The van der Waals surface area contributed by atoms with Crippen LogP contribution in [0.15, 0.2) is 48.5 Å². The molecule has 0 unspecified atom stereocenters. The Morgan fingerprint density at radius 1 is 1.05 bits per heavy atom. The summed E-state index contributed by atoms with van der Waals surface area (Å²) in [6.45, 7) is 0. The van der Waals surface area contributed by atoms with E-state index in [-0.39, 0.29) is 5.56 Å². The lowest BCUT2D eigenvalue weighted by atomic mass is 10.1. The SMILES string of the molecule is O=C(O)c1cc(CSCc2ccccc2)ccc1F. The molecule has 0 saturated carbocycles. The standard InChI is InChI=1S/C15H13FO2S/c16-14-7-6-12(8-13(14)15(17)18)10-19-9-11-4-2-1-3-5-11/h1-8H,9-10H2,(H,17,18). The predicted molar refractivity (Wildman–Crippen MR) is 74.8 cm³/mol. The number of rotatable bonds is 5. The first-order valence-corrected chi connectivity index (χ1v) is 6.95. The number of hydrogen-bond donors (Lipinski definition) is 1. The molecule has 0 heterocycles. The fourth-order valence-electron chi connectivity index (χ4n) is 1.69. The van der Waals surface area contributed by atoms with E-state index in [9.17, 15) is 9.18 Å². The molecule has 2 rings (SSSR count). The lowest BCUT2D eigenvalue weighted by Gasteiger charge is -2.04. The van der Waals surface area contributed by atoms with Crippen LogP contribution in [-0.4, -0.2) is 11.1 Å². The maximum absolute atomic E-state index is 13.2. The van der Waals surface area contributed by atoms with Crippen molar-refractivity contribution in [2.45, 2.75) is 11.5 Å². The van der Waals surface area contributed by atoms with E-state index >= 15 is 0 Å². The highest BCUT2D eigenvalue weighted by Gasteiger charge is 2.10. The largest absolute Gasteiger partial charge is 0.478 e. The number of carboxylic acid groups (broad SMARTS) is 1. The lowest BCUT2D eigenvalue weighted by Crippen LogP contribution is -2.01. The third-order valence-electron chi connectivity index (χ3n) is 2.64. The molecule has 4 heteroatoms. The molecule has 0 aliphatic carbocycles. The zero-order valence-electron chi connectivity index (χ0n) is 10.2. The average Bonchev–Trinajstić information content (AvgIpc) is 2.41. The summed E-state index contributed by atoms with van der Waals surface area (Å²) in [5, 5.41) is 8.85. The summed E-state index contributed by atoms with van der Waals surface area (Å²) in [4.78, 5) is 10.8. The van der Waals surface area contributed by atoms with Crippen LogP contribution >= 0.6 is 11.8 Å². The van der Waals surface area contributed by atoms with Gasteiger partial charge < -0.3 is 5.11 Å². The van der Waals surface area contributed by atoms with Crippen LogP contribution in [0.2, 0.25) is 0 Å². The summed E-state index contributed by atoms with van der Waals surface area (Å²) in [6, 6.07) is 14.2. The predicted octanol–water partition coefficient (Wildman–Crippen LogP) is 3.96. The van der Waals surface area contributed by atoms with Gasteiger partial charge in [-0.05, 0) is 23.3 Å². The third-order valence-corrected chi connectivity index (χ3v) is 3.72. The number of benzene rings is 2. The lowest BCUT2D eigenvalue weighted by molar-refractivity contribution is 0.0692. The van der Waals surface area contributed by atoms with Crippen molar-refractivity contribution >= 4 is 17.7 Å². The van der Waals surface area contributed by atoms with E-state index in [4.69, 9.17) is 5.11 Å². The van der Waals surface area contributed by atoms with Gasteiger partial charge in [0, 0.05) is 11.5 Å². The first-order chi connectivity index (χ1) is 9.16.